The maximum atomic E-state index is 12.4. The lowest BCUT2D eigenvalue weighted by atomic mass is 10.1. The van der Waals surface area contributed by atoms with E-state index < -0.39 is 5.25 Å². The van der Waals surface area contributed by atoms with E-state index in [2.05, 4.69) is 0 Å². The quantitative estimate of drug-likeness (QED) is 0.743. The highest BCUT2D eigenvalue weighted by Gasteiger charge is 2.39. The molecule has 5 nitrogen and oxygen atoms in total. The van der Waals surface area contributed by atoms with E-state index in [0.29, 0.717) is 29.5 Å². The van der Waals surface area contributed by atoms with Crippen molar-refractivity contribution in [2.24, 2.45) is 0 Å². The summed E-state index contributed by atoms with van der Waals surface area (Å²) in [6.07, 6.45) is 2.15. The smallest absolute Gasteiger partial charge is 0.289 e. The summed E-state index contributed by atoms with van der Waals surface area (Å²) < 4.78 is 10.5. The normalized spacial score (nSPS) is 17.7. The van der Waals surface area contributed by atoms with Gasteiger partial charge < -0.3 is 9.47 Å². The minimum atomic E-state index is -0.435. The van der Waals surface area contributed by atoms with Crippen LogP contribution in [0.1, 0.15) is 25.3 Å². The predicted octanol–water partition coefficient (Wildman–Crippen LogP) is 3.76. The summed E-state index contributed by atoms with van der Waals surface area (Å²) in [7, 11) is 3.08. The Morgan fingerprint density at radius 1 is 1.22 bits per heavy atom. The van der Waals surface area contributed by atoms with Crippen LogP contribution in [0.3, 0.4) is 0 Å². The van der Waals surface area contributed by atoms with Crippen LogP contribution in [0, 0.1) is 0 Å². The molecule has 1 aromatic carbocycles. The van der Waals surface area contributed by atoms with E-state index in [1.807, 2.05) is 6.92 Å². The largest absolute Gasteiger partial charge is 0.493 e. The molecule has 1 aliphatic heterocycles. The number of amides is 2. The summed E-state index contributed by atoms with van der Waals surface area (Å²) in [6.45, 7) is 2.51. The van der Waals surface area contributed by atoms with Gasteiger partial charge in [0.15, 0.2) is 11.5 Å². The number of carbonyl (C=O) groups is 2. The maximum absolute atomic E-state index is 12.4. The van der Waals surface area contributed by atoms with Crippen molar-refractivity contribution in [2.45, 2.75) is 31.4 Å². The number of rotatable bonds is 7. The fourth-order valence-electron chi connectivity index (χ4n) is 2.40. The van der Waals surface area contributed by atoms with E-state index in [1.165, 1.54) is 12.0 Å². The van der Waals surface area contributed by atoms with Gasteiger partial charge in [0.05, 0.1) is 19.5 Å². The van der Waals surface area contributed by atoms with Crippen molar-refractivity contribution in [1.82, 2.24) is 4.90 Å². The van der Waals surface area contributed by atoms with E-state index >= 15 is 0 Å². The van der Waals surface area contributed by atoms with Crippen LogP contribution in [0.5, 0.6) is 11.5 Å². The molecule has 1 atom stereocenters. The third-order valence-electron chi connectivity index (χ3n) is 3.70. The van der Waals surface area contributed by atoms with Gasteiger partial charge in [0, 0.05) is 17.6 Å². The molecule has 1 saturated heterocycles. The van der Waals surface area contributed by atoms with E-state index in [-0.39, 0.29) is 11.1 Å². The Morgan fingerprint density at radius 2 is 1.87 bits per heavy atom. The fourth-order valence-corrected chi connectivity index (χ4v) is 3.67. The number of methoxy groups -OCH3 is 2. The van der Waals surface area contributed by atoms with Gasteiger partial charge in [-0.15, -0.1) is 0 Å². The standard InChI is InChI=1S/C16H20ClNO4S/c1-4-5-6-18-15(19)14(23-16(18)20)8-10-7-12(21-2)13(22-3)9-11(10)17/h7,9,14H,4-6,8H2,1-3H3/t14-/m1/s1. The number of carbonyl (C=O) groups excluding carboxylic acids is 2. The second-order valence-corrected chi connectivity index (χ2v) is 6.78. The molecule has 2 amide bonds. The average Bonchev–Trinajstić information content (AvgIpc) is 2.80. The number of benzene rings is 1. The van der Waals surface area contributed by atoms with Crippen molar-refractivity contribution in [3.05, 3.63) is 22.7 Å². The molecule has 0 N–H and O–H groups in total. The maximum Gasteiger partial charge on any atom is 0.289 e. The first-order valence-corrected chi connectivity index (χ1v) is 8.70. The van der Waals surface area contributed by atoms with Gasteiger partial charge in [0.2, 0.25) is 5.91 Å². The number of unbranched alkanes of at least 4 members (excludes halogenated alkanes) is 1. The van der Waals surface area contributed by atoms with Gasteiger partial charge in [0.25, 0.3) is 5.24 Å². The Labute approximate surface area is 145 Å². The Bertz CT molecular complexity index is 608. The van der Waals surface area contributed by atoms with Crippen molar-refractivity contribution >= 4 is 34.5 Å². The second-order valence-electron chi connectivity index (χ2n) is 5.22. The summed E-state index contributed by atoms with van der Waals surface area (Å²) in [5, 5.41) is -0.115. The van der Waals surface area contributed by atoms with E-state index in [0.717, 1.165) is 30.2 Å². The zero-order valence-electron chi connectivity index (χ0n) is 13.4. The van der Waals surface area contributed by atoms with Crippen LogP contribution in [0.2, 0.25) is 5.02 Å². The number of imide groups is 1. The van der Waals surface area contributed by atoms with Crippen LogP contribution in [0.25, 0.3) is 0 Å². The summed E-state index contributed by atoms with van der Waals surface area (Å²) in [5.41, 5.74) is 0.764. The highest BCUT2D eigenvalue weighted by atomic mass is 35.5. The predicted molar refractivity (Wildman–Crippen MR) is 91.7 cm³/mol. The minimum absolute atomic E-state index is 0.140. The van der Waals surface area contributed by atoms with Crippen LogP contribution in [-0.2, 0) is 11.2 Å². The number of nitrogens with zero attached hydrogens (tertiary/aromatic N) is 1. The minimum Gasteiger partial charge on any atom is -0.493 e. The van der Waals surface area contributed by atoms with Crippen LogP contribution in [0.4, 0.5) is 4.79 Å². The van der Waals surface area contributed by atoms with Crippen LogP contribution < -0.4 is 9.47 Å². The fraction of sp³-hybridized carbons (Fsp3) is 0.500. The number of thioether (sulfide) groups is 1. The third kappa shape index (κ3) is 3.93. The number of ether oxygens (including phenoxy) is 2. The Kier molecular flexibility index (Phi) is 6.18. The molecule has 0 aromatic heterocycles. The molecule has 7 heteroatoms. The molecule has 1 fully saturated rings. The molecule has 126 valence electrons. The molecule has 0 saturated carbocycles. The number of hydrogen-bond acceptors (Lipinski definition) is 5. The Hall–Kier alpha value is -1.40. The van der Waals surface area contributed by atoms with E-state index in [1.54, 1.807) is 19.2 Å². The molecular formula is C16H20ClNO4S. The van der Waals surface area contributed by atoms with Gasteiger partial charge in [-0.25, -0.2) is 0 Å². The van der Waals surface area contributed by atoms with Crippen molar-refractivity contribution in [3.8, 4) is 11.5 Å². The summed E-state index contributed by atoms with van der Waals surface area (Å²) in [4.78, 5) is 25.7. The number of hydrogen-bond donors (Lipinski definition) is 0. The summed E-state index contributed by atoms with van der Waals surface area (Å²) >= 11 is 7.33. The van der Waals surface area contributed by atoms with Crippen molar-refractivity contribution in [2.75, 3.05) is 20.8 Å². The molecule has 0 bridgehead atoms. The van der Waals surface area contributed by atoms with Crippen LogP contribution in [-0.4, -0.2) is 42.1 Å². The summed E-state index contributed by atoms with van der Waals surface area (Å²) in [5.74, 6) is 0.947. The van der Waals surface area contributed by atoms with Crippen molar-refractivity contribution < 1.29 is 19.1 Å². The molecule has 0 unspecified atom stereocenters. The van der Waals surface area contributed by atoms with Crippen molar-refractivity contribution in [1.29, 1.82) is 0 Å². The highest BCUT2D eigenvalue weighted by molar-refractivity contribution is 8.15. The van der Waals surface area contributed by atoms with Gasteiger partial charge in [0.1, 0.15) is 0 Å². The first-order valence-electron chi connectivity index (χ1n) is 7.44. The molecule has 1 aliphatic rings. The zero-order valence-corrected chi connectivity index (χ0v) is 15.0. The molecule has 1 aromatic rings. The summed E-state index contributed by atoms with van der Waals surface area (Å²) in [6, 6.07) is 3.42. The molecule has 0 radical (unpaired) electrons. The Morgan fingerprint density at radius 3 is 2.48 bits per heavy atom. The van der Waals surface area contributed by atoms with Crippen molar-refractivity contribution in [3.63, 3.8) is 0 Å². The Balaban J connectivity index is 2.16. The van der Waals surface area contributed by atoms with Gasteiger partial charge in [-0.05, 0) is 24.5 Å². The lowest BCUT2D eigenvalue weighted by Gasteiger charge is -2.15. The van der Waals surface area contributed by atoms with Crippen LogP contribution >= 0.6 is 23.4 Å². The topological polar surface area (TPSA) is 55.8 Å². The first-order chi connectivity index (χ1) is 11.0. The molecule has 0 aliphatic carbocycles. The van der Waals surface area contributed by atoms with Gasteiger partial charge in [-0.3, -0.25) is 14.5 Å². The SMILES string of the molecule is CCCCN1C(=O)S[C@H](Cc2cc(OC)c(OC)cc2Cl)C1=O. The van der Waals surface area contributed by atoms with Crippen LogP contribution in [0.15, 0.2) is 12.1 Å². The monoisotopic (exact) mass is 357 g/mol. The zero-order chi connectivity index (χ0) is 17.0. The first kappa shape index (κ1) is 17.9. The molecular weight excluding hydrogens is 338 g/mol. The lowest BCUT2D eigenvalue weighted by molar-refractivity contribution is -0.126. The van der Waals surface area contributed by atoms with E-state index in [4.69, 9.17) is 21.1 Å². The molecule has 0 spiro atoms. The third-order valence-corrected chi connectivity index (χ3v) is 5.12. The highest BCUT2D eigenvalue weighted by Crippen LogP contribution is 2.36. The van der Waals surface area contributed by atoms with Gasteiger partial charge in [-0.1, -0.05) is 36.7 Å². The van der Waals surface area contributed by atoms with Gasteiger partial charge in [-0.2, -0.15) is 0 Å². The molecule has 2 rings (SSSR count). The average molecular weight is 358 g/mol. The molecule has 23 heavy (non-hydrogen) atoms. The van der Waals surface area contributed by atoms with Gasteiger partial charge >= 0.3 is 0 Å². The number of halogens is 1. The molecule has 1 heterocycles. The van der Waals surface area contributed by atoms with E-state index in [9.17, 15) is 9.59 Å². The second kappa shape index (κ2) is 7.93. The lowest BCUT2D eigenvalue weighted by Crippen LogP contribution is -2.33.